The summed E-state index contributed by atoms with van der Waals surface area (Å²) < 4.78 is 0. The standard InChI is InChI=1S/C16H23Br/c1-2-5-16(17)11-10-13-6-3-9-15(12-13)14-7-4-8-14/h3,6,9,12,14,16H,2,4-5,7-8,10-11H2,1H3. The highest BCUT2D eigenvalue weighted by atomic mass is 79.9. The Hall–Kier alpha value is -0.300. The van der Waals surface area contributed by atoms with Gasteiger partial charge in [0.15, 0.2) is 0 Å². The molecule has 1 atom stereocenters. The molecular formula is C16H23Br. The summed E-state index contributed by atoms with van der Waals surface area (Å²) in [5, 5.41) is 0. The van der Waals surface area contributed by atoms with E-state index in [4.69, 9.17) is 0 Å². The molecule has 0 aliphatic heterocycles. The molecule has 1 aliphatic rings. The Kier molecular flexibility index (Phi) is 5.09. The molecule has 2 rings (SSSR count). The highest BCUT2D eigenvalue weighted by Gasteiger charge is 2.19. The summed E-state index contributed by atoms with van der Waals surface area (Å²) in [4.78, 5) is 0.694. The van der Waals surface area contributed by atoms with Crippen LogP contribution in [0.4, 0.5) is 0 Å². The monoisotopic (exact) mass is 294 g/mol. The van der Waals surface area contributed by atoms with Gasteiger partial charge in [-0.15, -0.1) is 0 Å². The van der Waals surface area contributed by atoms with Gasteiger partial charge < -0.3 is 0 Å². The first-order valence-electron chi connectivity index (χ1n) is 7.02. The third-order valence-corrected chi connectivity index (χ3v) is 4.79. The van der Waals surface area contributed by atoms with Crippen LogP contribution in [0.2, 0.25) is 0 Å². The lowest BCUT2D eigenvalue weighted by atomic mass is 9.79. The third kappa shape index (κ3) is 3.84. The molecule has 1 aromatic rings. The van der Waals surface area contributed by atoms with E-state index < -0.39 is 0 Å². The van der Waals surface area contributed by atoms with Crippen molar-refractivity contribution in [2.45, 2.75) is 62.6 Å². The van der Waals surface area contributed by atoms with Gasteiger partial charge in [-0.25, -0.2) is 0 Å². The highest BCUT2D eigenvalue weighted by molar-refractivity contribution is 9.09. The summed E-state index contributed by atoms with van der Waals surface area (Å²) in [6, 6.07) is 9.28. The molecule has 94 valence electrons. The number of hydrogen-bond donors (Lipinski definition) is 0. The molecule has 0 bridgehead atoms. The predicted octanol–water partition coefficient (Wildman–Crippen LogP) is 5.45. The summed E-state index contributed by atoms with van der Waals surface area (Å²) in [7, 11) is 0. The van der Waals surface area contributed by atoms with Gasteiger partial charge in [0.1, 0.15) is 0 Å². The van der Waals surface area contributed by atoms with E-state index in [1.165, 1.54) is 50.5 Å². The maximum absolute atomic E-state index is 3.77. The average Bonchev–Trinajstić information content (AvgIpc) is 2.25. The van der Waals surface area contributed by atoms with Crippen molar-refractivity contribution in [3.63, 3.8) is 0 Å². The topological polar surface area (TPSA) is 0 Å². The van der Waals surface area contributed by atoms with Gasteiger partial charge in [-0.05, 0) is 49.1 Å². The summed E-state index contributed by atoms with van der Waals surface area (Å²) in [6.07, 6.45) is 9.29. The van der Waals surface area contributed by atoms with Crippen LogP contribution < -0.4 is 0 Å². The first kappa shape index (κ1) is 13.1. The molecule has 1 aromatic carbocycles. The van der Waals surface area contributed by atoms with Crippen LogP contribution in [0.25, 0.3) is 0 Å². The van der Waals surface area contributed by atoms with Gasteiger partial charge in [-0.1, -0.05) is 60.0 Å². The van der Waals surface area contributed by atoms with Crippen molar-refractivity contribution >= 4 is 15.9 Å². The van der Waals surface area contributed by atoms with Gasteiger partial charge in [-0.2, -0.15) is 0 Å². The highest BCUT2D eigenvalue weighted by Crippen LogP contribution is 2.36. The Morgan fingerprint density at radius 3 is 2.76 bits per heavy atom. The molecule has 1 heteroatoms. The maximum atomic E-state index is 3.77. The molecule has 1 aliphatic carbocycles. The quantitative estimate of drug-likeness (QED) is 0.612. The number of halogens is 1. The number of alkyl halides is 1. The zero-order valence-corrected chi connectivity index (χ0v) is 12.4. The third-order valence-electron chi connectivity index (χ3n) is 3.88. The van der Waals surface area contributed by atoms with Crippen LogP contribution >= 0.6 is 15.9 Å². The first-order chi connectivity index (χ1) is 8.29. The van der Waals surface area contributed by atoms with E-state index in [9.17, 15) is 0 Å². The van der Waals surface area contributed by atoms with Gasteiger partial charge in [0, 0.05) is 4.83 Å². The average molecular weight is 295 g/mol. The number of hydrogen-bond acceptors (Lipinski definition) is 0. The molecule has 0 amide bonds. The van der Waals surface area contributed by atoms with Crippen LogP contribution in [-0.2, 0) is 6.42 Å². The van der Waals surface area contributed by atoms with Gasteiger partial charge in [0.25, 0.3) is 0 Å². The van der Waals surface area contributed by atoms with Gasteiger partial charge in [-0.3, -0.25) is 0 Å². The Morgan fingerprint density at radius 2 is 2.12 bits per heavy atom. The fraction of sp³-hybridized carbons (Fsp3) is 0.625. The van der Waals surface area contributed by atoms with Gasteiger partial charge >= 0.3 is 0 Å². The van der Waals surface area contributed by atoms with Crippen molar-refractivity contribution in [3.05, 3.63) is 35.4 Å². The fourth-order valence-corrected chi connectivity index (χ4v) is 3.21. The number of aryl methyl sites for hydroxylation is 1. The van der Waals surface area contributed by atoms with Crippen LogP contribution in [0, 0.1) is 0 Å². The second-order valence-corrected chi connectivity index (χ2v) is 6.59. The first-order valence-corrected chi connectivity index (χ1v) is 7.94. The van der Waals surface area contributed by atoms with Gasteiger partial charge in [0.2, 0.25) is 0 Å². The minimum Gasteiger partial charge on any atom is -0.0891 e. The second-order valence-electron chi connectivity index (χ2n) is 5.30. The molecule has 17 heavy (non-hydrogen) atoms. The van der Waals surface area contributed by atoms with Crippen LogP contribution in [0.3, 0.4) is 0 Å². The van der Waals surface area contributed by atoms with Crippen LogP contribution in [0.1, 0.15) is 62.5 Å². The Bertz CT molecular complexity index is 341. The number of rotatable bonds is 6. The largest absolute Gasteiger partial charge is 0.0891 e. The van der Waals surface area contributed by atoms with Crippen LogP contribution in [0.15, 0.2) is 24.3 Å². The van der Waals surface area contributed by atoms with Crippen molar-refractivity contribution in [2.24, 2.45) is 0 Å². The van der Waals surface area contributed by atoms with E-state index in [2.05, 4.69) is 47.1 Å². The van der Waals surface area contributed by atoms with Crippen LogP contribution in [-0.4, -0.2) is 4.83 Å². The van der Waals surface area contributed by atoms with E-state index in [0.29, 0.717) is 4.83 Å². The minimum absolute atomic E-state index is 0.694. The molecule has 1 saturated carbocycles. The summed E-state index contributed by atoms with van der Waals surface area (Å²) in [5.74, 6) is 0.866. The molecule has 0 aromatic heterocycles. The normalized spacial score (nSPS) is 17.8. The van der Waals surface area contributed by atoms with E-state index in [0.717, 1.165) is 5.92 Å². The lowest BCUT2D eigenvalue weighted by molar-refractivity contribution is 0.419. The van der Waals surface area contributed by atoms with Crippen LogP contribution in [0.5, 0.6) is 0 Å². The molecule has 0 N–H and O–H groups in total. The Morgan fingerprint density at radius 1 is 1.29 bits per heavy atom. The lowest BCUT2D eigenvalue weighted by Crippen LogP contribution is -2.09. The SMILES string of the molecule is CCCC(Br)CCc1cccc(C2CCC2)c1. The fourth-order valence-electron chi connectivity index (χ4n) is 2.52. The predicted molar refractivity (Wildman–Crippen MR) is 79.0 cm³/mol. The molecular weight excluding hydrogens is 272 g/mol. The number of benzene rings is 1. The molecule has 0 saturated heterocycles. The van der Waals surface area contributed by atoms with E-state index >= 15 is 0 Å². The summed E-state index contributed by atoms with van der Waals surface area (Å²) >= 11 is 3.77. The second kappa shape index (κ2) is 6.58. The van der Waals surface area contributed by atoms with Crippen molar-refractivity contribution in [1.82, 2.24) is 0 Å². The molecule has 0 spiro atoms. The zero-order chi connectivity index (χ0) is 12.1. The Labute approximate surface area is 114 Å². The minimum atomic E-state index is 0.694. The molecule has 1 unspecified atom stereocenters. The van der Waals surface area contributed by atoms with E-state index in [-0.39, 0.29) is 0 Å². The lowest BCUT2D eigenvalue weighted by Gasteiger charge is -2.26. The van der Waals surface area contributed by atoms with Crippen molar-refractivity contribution < 1.29 is 0 Å². The van der Waals surface area contributed by atoms with Gasteiger partial charge in [0.05, 0.1) is 0 Å². The summed E-state index contributed by atoms with van der Waals surface area (Å²) in [5.41, 5.74) is 3.10. The zero-order valence-electron chi connectivity index (χ0n) is 10.8. The van der Waals surface area contributed by atoms with Crippen molar-refractivity contribution in [3.8, 4) is 0 Å². The maximum Gasteiger partial charge on any atom is 0.0148 e. The van der Waals surface area contributed by atoms with Crippen molar-refractivity contribution in [1.29, 1.82) is 0 Å². The Balaban J connectivity index is 1.87. The van der Waals surface area contributed by atoms with Crippen molar-refractivity contribution in [2.75, 3.05) is 0 Å². The molecule has 0 nitrogen and oxygen atoms in total. The van der Waals surface area contributed by atoms with E-state index in [1.807, 2.05) is 0 Å². The smallest absolute Gasteiger partial charge is 0.0148 e. The molecule has 0 heterocycles. The molecule has 1 fully saturated rings. The summed E-state index contributed by atoms with van der Waals surface area (Å²) in [6.45, 7) is 2.26. The van der Waals surface area contributed by atoms with E-state index in [1.54, 1.807) is 5.56 Å². The molecule has 0 radical (unpaired) electrons.